The number of methoxy groups -OCH3 is 1. The second-order valence-corrected chi connectivity index (χ2v) is 7.03. The molecule has 0 unspecified atom stereocenters. The second kappa shape index (κ2) is 7.46. The molecule has 3 heterocycles. The summed E-state index contributed by atoms with van der Waals surface area (Å²) >= 11 is 0. The Hall–Kier alpha value is -2.77. The second-order valence-electron chi connectivity index (χ2n) is 7.03. The molecule has 0 aliphatic carbocycles. The highest BCUT2D eigenvalue weighted by Gasteiger charge is 2.24. The number of nitrogens with zero attached hydrogens (tertiary/aromatic N) is 5. The molecule has 0 spiro atoms. The molecule has 0 saturated carbocycles. The summed E-state index contributed by atoms with van der Waals surface area (Å²) in [4.78, 5) is 29.1. The maximum atomic E-state index is 12.6. The Balaban J connectivity index is 1.36. The lowest BCUT2D eigenvalue weighted by Crippen LogP contribution is -2.50. The van der Waals surface area contributed by atoms with Gasteiger partial charge in [0.15, 0.2) is 0 Å². The molecule has 4 rings (SSSR count). The van der Waals surface area contributed by atoms with Gasteiger partial charge in [0.05, 0.1) is 7.11 Å². The van der Waals surface area contributed by atoms with Crippen molar-refractivity contribution in [3.05, 3.63) is 40.6 Å². The molecule has 8 nitrogen and oxygen atoms in total. The molecule has 2 aliphatic rings. The average Bonchev–Trinajstić information content (AvgIpc) is 3.04. The van der Waals surface area contributed by atoms with E-state index in [0.717, 1.165) is 49.6 Å². The summed E-state index contributed by atoms with van der Waals surface area (Å²) in [7, 11) is 1.65. The molecule has 0 atom stereocenters. The fourth-order valence-corrected chi connectivity index (χ4v) is 3.79. The number of carbonyl (C=O) groups excluding carboxylic acids is 1. The predicted octanol–water partition coefficient (Wildman–Crippen LogP) is 0.738. The molecule has 0 bridgehead atoms. The van der Waals surface area contributed by atoms with Crippen LogP contribution in [-0.4, -0.2) is 58.4 Å². The highest BCUT2D eigenvalue weighted by molar-refractivity contribution is 5.76. The smallest absolute Gasteiger partial charge is 0.346 e. The molecule has 1 saturated heterocycles. The van der Waals surface area contributed by atoms with Crippen molar-refractivity contribution in [2.24, 2.45) is 0 Å². The fraction of sp³-hybridized carbons (Fsp3) is 0.526. The van der Waals surface area contributed by atoms with E-state index in [2.05, 4.69) is 10.00 Å². The summed E-state index contributed by atoms with van der Waals surface area (Å²) in [5.41, 5.74) is 0.968. The predicted molar refractivity (Wildman–Crippen MR) is 101 cm³/mol. The Morgan fingerprint density at radius 2 is 1.81 bits per heavy atom. The number of aromatic nitrogens is 3. The number of hydrogen-bond acceptors (Lipinski definition) is 5. The molecular formula is C19H25N5O3. The number of aryl methyl sites for hydroxylation is 1. The van der Waals surface area contributed by atoms with E-state index in [0.29, 0.717) is 19.6 Å². The number of amides is 1. The number of fused-ring (bicyclic) bond motifs is 1. The molecule has 0 radical (unpaired) electrons. The van der Waals surface area contributed by atoms with Gasteiger partial charge in [0.25, 0.3) is 0 Å². The Kier molecular flexibility index (Phi) is 4.87. The van der Waals surface area contributed by atoms with E-state index in [1.54, 1.807) is 11.7 Å². The van der Waals surface area contributed by atoms with Gasteiger partial charge in [-0.15, -0.1) is 0 Å². The van der Waals surface area contributed by atoms with E-state index in [9.17, 15) is 9.59 Å². The van der Waals surface area contributed by atoms with Gasteiger partial charge in [-0.25, -0.2) is 9.48 Å². The van der Waals surface area contributed by atoms with Crippen molar-refractivity contribution in [1.29, 1.82) is 0 Å². The molecule has 1 aromatic heterocycles. The van der Waals surface area contributed by atoms with Crippen LogP contribution in [0.25, 0.3) is 0 Å². The van der Waals surface area contributed by atoms with Gasteiger partial charge in [0.2, 0.25) is 5.91 Å². The van der Waals surface area contributed by atoms with Gasteiger partial charge >= 0.3 is 5.69 Å². The Morgan fingerprint density at radius 1 is 1.07 bits per heavy atom. The first-order chi connectivity index (χ1) is 13.2. The maximum absolute atomic E-state index is 12.6. The minimum absolute atomic E-state index is 0.0291. The number of ether oxygens (including phenoxy) is 1. The third-order valence-electron chi connectivity index (χ3n) is 5.39. The van der Waals surface area contributed by atoms with Crippen LogP contribution < -0.4 is 15.3 Å². The minimum Gasteiger partial charge on any atom is -0.497 e. The minimum atomic E-state index is -0.157. The molecular weight excluding hydrogens is 346 g/mol. The van der Waals surface area contributed by atoms with Gasteiger partial charge in [-0.2, -0.15) is 5.10 Å². The zero-order valence-corrected chi connectivity index (χ0v) is 15.6. The SMILES string of the molecule is COc1ccc(N2CCN(C(=O)Cn3nc4n(c3=O)CCCC4)CC2)cc1. The van der Waals surface area contributed by atoms with Gasteiger partial charge < -0.3 is 14.5 Å². The monoisotopic (exact) mass is 371 g/mol. The highest BCUT2D eigenvalue weighted by Crippen LogP contribution is 2.20. The van der Waals surface area contributed by atoms with E-state index in [-0.39, 0.29) is 18.1 Å². The summed E-state index contributed by atoms with van der Waals surface area (Å²) in [5, 5.41) is 4.36. The molecule has 1 fully saturated rings. The molecule has 2 aliphatic heterocycles. The van der Waals surface area contributed by atoms with Crippen LogP contribution in [0.15, 0.2) is 29.1 Å². The van der Waals surface area contributed by atoms with Crippen molar-refractivity contribution in [1.82, 2.24) is 19.2 Å². The highest BCUT2D eigenvalue weighted by atomic mass is 16.5. The van der Waals surface area contributed by atoms with Crippen LogP contribution in [0.3, 0.4) is 0 Å². The van der Waals surface area contributed by atoms with Crippen molar-refractivity contribution in [2.75, 3.05) is 38.2 Å². The lowest BCUT2D eigenvalue weighted by atomic mass is 10.2. The molecule has 2 aromatic rings. The first kappa shape index (κ1) is 17.6. The molecule has 27 heavy (non-hydrogen) atoms. The maximum Gasteiger partial charge on any atom is 0.346 e. The summed E-state index contributed by atoms with van der Waals surface area (Å²) in [6, 6.07) is 7.95. The largest absolute Gasteiger partial charge is 0.497 e. The van der Waals surface area contributed by atoms with Crippen LogP contribution in [0, 0.1) is 0 Å². The molecule has 8 heteroatoms. The van der Waals surface area contributed by atoms with Gasteiger partial charge in [-0.1, -0.05) is 0 Å². The summed E-state index contributed by atoms with van der Waals surface area (Å²) in [5.74, 6) is 1.60. The molecule has 144 valence electrons. The van der Waals surface area contributed by atoms with Crippen molar-refractivity contribution in [3.8, 4) is 5.75 Å². The van der Waals surface area contributed by atoms with Crippen LogP contribution in [-0.2, 0) is 24.3 Å². The zero-order chi connectivity index (χ0) is 18.8. The Labute approximate surface area is 157 Å². The lowest BCUT2D eigenvalue weighted by Gasteiger charge is -2.36. The van der Waals surface area contributed by atoms with Crippen molar-refractivity contribution in [2.45, 2.75) is 32.4 Å². The van der Waals surface area contributed by atoms with Crippen molar-refractivity contribution >= 4 is 11.6 Å². The third-order valence-corrected chi connectivity index (χ3v) is 5.39. The van der Waals surface area contributed by atoms with Crippen LogP contribution >= 0.6 is 0 Å². The van der Waals surface area contributed by atoms with E-state index in [4.69, 9.17) is 4.74 Å². The van der Waals surface area contributed by atoms with Gasteiger partial charge in [0.1, 0.15) is 18.1 Å². The topological polar surface area (TPSA) is 72.6 Å². The zero-order valence-electron chi connectivity index (χ0n) is 15.6. The first-order valence-corrected chi connectivity index (χ1v) is 9.49. The van der Waals surface area contributed by atoms with Crippen molar-refractivity contribution in [3.63, 3.8) is 0 Å². The van der Waals surface area contributed by atoms with Crippen LogP contribution in [0.2, 0.25) is 0 Å². The van der Waals surface area contributed by atoms with Gasteiger partial charge in [-0.05, 0) is 37.1 Å². The third kappa shape index (κ3) is 3.56. The fourth-order valence-electron chi connectivity index (χ4n) is 3.79. The molecule has 0 N–H and O–H groups in total. The number of hydrogen-bond donors (Lipinski definition) is 0. The molecule has 1 aromatic carbocycles. The molecule has 1 amide bonds. The lowest BCUT2D eigenvalue weighted by molar-refractivity contribution is -0.132. The van der Waals surface area contributed by atoms with Crippen molar-refractivity contribution < 1.29 is 9.53 Å². The number of piperazine rings is 1. The first-order valence-electron chi connectivity index (χ1n) is 9.49. The van der Waals surface area contributed by atoms with Crippen LogP contribution in [0.1, 0.15) is 18.7 Å². The van der Waals surface area contributed by atoms with Crippen LogP contribution in [0.4, 0.5) is 5.69 Å². The average molecular weight is 371 g/mol. The number of carbonyl (C=O) groups is 1. The number of rotatable bonds is 4. The summed E-state index contributed by atoms with van der Waals surface area (Å²) in [6.45, 7) is 3.57. The standard InChI is InChI=1S/C19H25N5O3/c1-27-16-7-5-15(6-8-16)21-10-12-22(13-11-21)18(25)14-24-19(26)23-9-3-2-4-17(23)20-24/h5-8H,2-4,9-14H2,1H3. The number of anilines is 1. The van der Waals surface area contributed by atoms with Crippen LogP contribution in [0.5, 0.6) is 5.75 Å². The van der Waals surface area contributed by atoms with E-state index in [1.807, 2.05) is 29.2 Å². The van der Waals surface area contributed by atoms with E-state index >= 15 is 0 Å². The Morgan fingerprint density at radius 3 is 2.48 bits per heavy atom. The number of benzene rings is 1. The summed E-state index contributed by atoms with van der Waals surface area (Å²) in [6.07, 6.45) is 2.87. The van der Waals surface area contributed by atoms with Gasteiger partial charge in [-0.3, -0.25) is 9.36 Å². The van der Waals surface area contributed by atoms with E-state index in [1.165, 1.54) is 4.68 Å². The van der Waals surface area contributed by atoms with E-state index < -0.39 is 0 Å². The quantitative estimate of drug-likeness (QED) is 0.793. The Bertz CT molecular complexity index is 862. The van der Waals surface area contributed by atoms with Gasteiger partial charge in [0, 0.05) is 44.8 Å². The normalized spacial score (nSPS) is 16.9. The summed E-state index contributed by atoms with van der Waals surface area (Å²) < 4.78 is 8.23.